The van der Waals surface area contributed by atoms with Gasteiger partial charge in [-0.25, -0.2) is 0 Å². The van der Waals surface area contributed by atoms with Crippen molar-refractivity contribution in [1.82, 2.24) is 10.3 Å². The molecule has 0 aliphatic heterocycles. The van der Waals surface area contributed by atoms with Gasteiger partial charge in [0.05, 0.1) is 0 Å². The minimum absolute atomic E-state index is 0.138. The number of para-hydroxylation sites is 1. The summed E-state index contributed by atoms with van der Waals surface area (Å²) in [7, 11) is 0. The molecule has 1 aromatic carbocycles. The Kier molecular flexibility index (Phi) is 4.48. The molecule has 0 radical (unpaired) electrons. The fourth-order valence-electron chi connectivity index (χ4n) is 2.25. The zero-order valence-corrected chi connectivity index (χ0v) is 12.6. The summed E-state index contributed by atoms with van der Waals surface area (Å²) < 4.78 is 0. The molecule has 1 heterocycles. The molecule has 2 N–H and O–H groups in total. The number of hydrogen-bond donors (Lipinski definition) is 2. The van der Waals surface area contributed by atoms with E-state index in [1.54, 1.807) is 0 Å². The van der Waals surface area contributed by atoms with E-state index in [9.17, 15) is 4.79 Å². The molecular weight excluding hydrogens is 248 g/mol. The molecule has 2 aromatic rings. The molecule has 0 fully saturated rings. The smallest absolute Gasteiger partial charge is 0.220 e. The van der Waals surface area contributed by atoms with Crippen LogP contribution in [0.4, 0.5) is 0 Å². The van der Waals surface area contributed by atoms with Crippen LogP contribution in [0.5, 0.6) is 0 Å². The number of carbonyl (C=O) groups is 1. The molecular formula is C17H24N2O. The lowest BCUT2D eigenvalue weighted by Gasteiger charge is -2.17. The highest BCUT2D eigenvalue weighted by Gasteiger charge is 2.11. The third kappa shape index (κ3) is 4.12. The second kappa shape index (κ2) is 6.12. The van der Waals surface area contributed by atoms with Gasteiger partial charge in [0, 0.05) is 30.1 Å². The number of aromatic nitrogens is 1. The van der Waals surface area contributed by atoms with E-state index < -0.39 is 0 Å². The second-order valence-corrected chi connectivity index (χ2v) is 6.52. The van der Waals surface area contributed by atoms with Crippen LogP contribution >= 0.6 is 0 Å². The molecule has 0 spiro atoms. The van der Waals surface area contributed by atoms with Gasteiger partial charge in [0.1, 0.15) is 0 Å². The van der Waals surface area contributed by atoms with Crippen LogP contribution in [0, 0.1) is 5.41 Å². The van der Waals surface area contributed by atoms with E-state index in [1.165, 1.54) is 10.9 Å². The fourth-order valence-corrected chi connectivity index (χ4v) is 2.25. The summed E-state index contributed by atoms with van der Waals surface area (Å²) in [4.78, 5) is 15.1. The first-order chi connectivity index (χ1) is 9.46. The Labute approximate surface area is 120 Å². The van der Waals surface area contributed by atoms with Crippen molar-refractivity contribution < 1.29 is 4.79 Å². The molecule has 108 valence electrons. The molecule has 1 amide bonds. The topological polar surface area (TPSA) is 44.9 Å². The summed E-state index contributed by atoms with van der Waals surface area (Å²) >= 11 is 0. The van der Waals surface area contributed by atoms with Crippen LogP contribution in [0.15, 0.2) is 30.5 Å². The Morgan fingerprint density at radius 3 is 2.75 bits per heavy atom. The lowest BCUT2D eigenvalue weighted by molar-refractivity contribution is -0.121. The molecule has 0 bridgehead atoms. The number of nitrogens with one attached hydrogen (secondary N) is 2. The Morgan fingerprint density at radius 2 is 2.00 bits per heavy atom. The van der Waals surface area contributed by atoms with Gasteiger partial charge in [-0.2, -0.15) is 0 Å². The number of amides is 1. The van der Waals surface area contributed by atoms with Crippen molar-refractivity contribution in [3.8, 4) is 0 Å². The third-order valence-electron chi connectivity index (χ3n) is 3.49. The van der Waals surface area contributed by atoms with E-state index in [0.717, 1.165) is 24.9 Å². The molecule has 0 aliphatic carbocycles. The van der Waals surface area contributed by atoms with Crippen molar-refractivity contribution in [3.05, 3.63) is 36.0 Å². The van der Waals surface area contributed by atoms with Crippen LogP contribution in [0.1, 0.15) is 39.2 Å². The number of rotatable bonds is 5. The van der Waals surface area contributed by atoms with Crippen molar-refractivity contribution >= 4 is 16.8 Å². The van der Waals surface area contributed by atoms with E-state index in [0.29, 0.717) is 6.42 Å². The molecule has 0 saturated heterocycles. The third-order valence-corrected chi connectivity index (χ3v) is 3.49. The van der Waals surface area contributed by atoms with Crippen molar-refractivity contribution in [1.29, 1.82) is 0 Å². The van der Waals surface area contributed by atoms with Gasteiger partial charge in [-0.15, -0.1) is 0 Å². The van der Waals surface area contributed by atoms with Crippen LogP contribution in [-0.4, -0.2) is 17.4 Å². The molecule has 3 nitrogen and oxygen atoms in total. The standard InChI is InChI=1S/C17H24N2O/c1-17(2,3)10-11-18-16(20)9-8-13-12-19-15-7-5-4-6-14(13)15/h4-7,12,19H,8-11H2,1-3H3,(H,18,20). The normalized spacial score (nSPS) is 11.8. The summed E-state index contributed by atoms with van der Waals surface area (Å²) in [5.41, 5.74) is 2.62. The summed E-state index contributed by atoms with van der Waals surface area (Å²) in [6.45, 7) is 7.32. The minimum Gasteiger partial charge on any atom is -0.361 e. The lowest BCUT2D eigenvalue weighted by atomic mass is 9.92. The second-order valence-electron chi connectivity index (χ2n) is 6.52. The fraction of sp³-hybridized carbons (Fsp3) is 0.471. The van der Waals surface area contributed by atoms with Crippen LogP contribution < -0.4 is 5.32 Å². The number of fused-ring (bicyclic) bond motifs is 1. The maximum Gasteiger partial charge on any atom is 0.220 e. The Morgan fingerprint density at radius 1 is 1.25 bits per heavy atom. The molecule has 0 atom stereocenters. The van der Waals surface area contributed by atoms with Gasteiger partial charge in [-0.1, -0.05) is 39.0 Å². The summed E-state index contributed by atoms with van der Waals surface area (Å²) in [6, 6.07) is 8.20. The van der Waals surface area contributed by atoms with Gasteiger partial charge in [-0.05, 0) is 29.9 Å². The summed E-state index contributed by atoms with van der Waals surface area (Å²) in [5, 5.41) is 4.22. The monoisotopic (exact) mass is 272 g/mol. The van der Waals surface area contributed by atoms with E-state index in [4.69, 9.17) is 0 Å². The molecule has 3 heteroatoms. The highest BCUT2D eigenvalue weighted by molar-refractivity contribution is 5.84. The Balaban J connectivity index is 1.82. The van der Waals surface area contributed by atoms with Gasteiger partial charge in [0.2, 0.25) is 5.91 Å². The zero-order chi connectivity index (χ0) is 14.6. The van der Waals surface area contributed by atoms with Gasteiger partial charge in [0.15, 0.2) is 0 Å². The number of aryl methyl sites for hydroxylation is 1. The average molecular weight is 272 g/mol. The quantitative estimate of drug-likeness (QED) is 0.857. The van der Waals surface area contributed by atoms with Gasteiger partial charge in [-0.3, -0.25) is 4.79 Å². The molecule has 0 unspecified atom stereocenters. The highest BCUT2D eigenvalue weighted by atomic mass is 16.1. The highest BCUT2D eigenvalue weighted by Crippen LogP contribution is 2.19. The lowest BCUT2D eigenvalue weighted by Crippen LogP contribution is -2.27. The molecule has 2 rings (SSSR count). The van der Waals surface area contributed by atoms with Crippen molar-refractivity contribution in [2.45, 2.75) is 40.0 Å². The summed E-state index contributed by atoms with van der Waals surface area (Å²) in [6.07, 6.45) is 4.34. The first-order valence-electron chi connectivity index (χ1n) is 7.27. The predicted octanol–water partition coefficient (Wildman–Crippen LogP) is 3.65. The average Bonchev–Trinajstić information content (AvgIpc) is 2.78. The van der Waals surface area contributed by atoms with Gasteiger partial charge < -0.3 is 10.3 Å². The first-order valence-corrected chi connectivity index (χ1v) is 7.27. The van der Waals surface area contributed by atoms with Crippen LogP contribution in [0.25, 0.3) is 10.9 Å². The van der Waals surface area contributed by atoms with Crippen molar-refractivity contribution in [2.24, 2.45) is 5.41 Å². The van der Waals surface area contributed by atoms with Gasteiger partial charge >= 0.3 is 0 Å². The maximum atomic E-state index is 11.8. The van der Waals surface area contributed by atoms with Crippen LogP contribution in [0.3, 0.4) is 0 Å². The number of carbonyl (C=O) groups excluding carboxylic acids is 1. The number of H-pyrrole nitrogens is 1. The summed E-state index contributed by atoms with van der Waals surface area (Å²) in [5.74, 6) is 0.138. The minimum atomic E-state index is 0.138. The van der Waals surface area contributed by atoms with E-state index >= 15 is 0 Å². The maximum absolute atomic E-state index is 11.8. The number of hydrogen-bond acceptors (Lipinski definition) is 1. The Hall–Kier alpha value is -1.77. The van der Waals surface area contributed by atoms with E-state index in [-0.39, 0.29) is 11.3 Å². The van der Waals surface area contributed by atoms with Gasteiger partial charge in [0.25, 0.3) is 0 Å². The Bertz CT molecular complexity index is 578. The molecule has 0 aliphatic rings. The van der Waals surface area contributed by atoms with Crippen molar-refractivity contribution in [3.63, 3.8) is 0 Å². The number of aromatic amines is 1. The zero-order valence-electron chi connectivity index (χ0n) is 12.6. The predicted molar refractivity (Wildman–Crippen MR) is 83.7 cm³/mol. The largest absolute Gasteiger partial charge is 0.361 e. The first kappa shape index (κ1) is 14.6. The molecule has 1 aromatic heterocycles. The van der Waals surface area contributed by atoms with Crippen molar-refractivity contribution in [2.75, 3.05) is 6.54 Å². The SMILES string of the molecule is CC(C)(C)CCNC(=O)CCc1c[nH]c2ccccc12. The van der Waals surface area contributed by atoms with Crippen LogP contribution in [-0.2, 0) is 11.2 Å². The van der Waals surface area contributed by atoms with E-state index in [1.807, 2.05) is 18.3 Å². The number of benzene rings is 1. The van der Waals surface area contributed by atoms with Crippen LogP contribution in [0.2, 0.25) is 0 Å². The molecule has 20 heavy (non-hydrogen) atoms. The molecule has 0 saturated carbocycles. The van der Waals surface area contributed by atoms with E-state index in [2.05, 4.69) is 43.2 Å².